The molecule has 7 heteroatoms. The maximum absolute atomic E-state index is 13.4. The van der Waals surface area contributed by atoms with Crippen molar-refractivity contribution in [3.05, 3.63) is 66.2 Å². The molecule has 0 aliphatic heterocycles. The second-order valence-corrected chi connectivity index (χ2v) is 9.40. The Morgan fingerprint density at radius 2 is 1.75 bits per heavy atom. The summed E-state index contributed by atoms with van der Waals surface area (Å²) < 4.78 is 6.62. The van der Waals surface area contributed by atoms with Gasteiger partial charge in [-0.15, -0.1) is 0 Å². The van der Waals surface area contributed by atoms with Crippen molar-refractivity contribution in [1.29, 1.82) is 0 Å². The fraction of sp³-hybridized carbons (Fsp3) is 0.360. The highest BCUT2D eigenvalue weighted by Gasteiger charge is 2.42. The van der Waals surface area contributed by atoms with E-state index in [1.807, 2.05) is 60.7 Å². The fourth-order valence-electron chi connectivity index (χ4n) is 4.30. The predicted octanol–water partition coefficient (Wildman–Crippen LogP) is 4.38. The molecule has 1 heterocycles. The van der Waals surface area contributed by atoms with Crippen LogP contribution in [0.1, 0.15) is 37.7 Å². The summed E-state index contributed by atoms with van der Waals surface area (Å²) in [5.41, 5.74) is 6.09. The average Bonchev–Trinajstić information content (AvgIpc) is 3.21. The van der Waals surface area contributed by atoms with Crippen LogP contribution in [-0.4, -0.2) is 30.1 Å². The SMILES string of the molecule is NCC(Cc1ccccc1)NC(=O)C1(NC(=O)Oc2cc3ccccc3s2)CCCCC1. The average molecular weight is 452 g/mol. The Balaban J connectivity index is 1.44. The van der Waals surface area contributed by atoms with Gasteiger partial charge < -0.3 is 21.1 Å². The first-order valence-corrected chi connectivity index (χ1v) is 11.9. The third kappa shape index (κ3) is 5.29. The van der Waals surface area contributed by atoms with E-state index in [2.05, 4.69) is 10.6 Å². The predicted molar refractivity (Wildman–Crippen MR) is 128 cm³/mol. The molecular formula is C25H29N3O3S. The molecule has 32 heavy (non-hydrogen) atoms. The van der Waals surface area contributed by atoms with Crippen LogP contribution in [0.2, 0.25) is 0 Å². The van der Waals surface area contributed by atoms with Gasteiger partial charge in [-0.25, -0.2) is 4.79 Å². The van der Waals surface area contributed by atoms with Gasteiger partial charge in [-0.1, -0.05) is 79.1 Å². The van der Waals surface area contributed by atoms with E-state index in [4.69, 9.17) is 10.5 Å². The summed E-state index contributed by atoms with van der Waals surface area (Å²) >= 11 is 1.41. The van der Waals surface area contributed by atoms with Crippen LogP contribution in [0.15, 0.2) is 60.7 Å². The van der Waals surface area contributed by atoms with Gasteiger partial charge in [0, 0.05) is 23.4 Å². The molecule has 168 valence electrons. The minimum Gasteiger partial charge on any atom is -0.399 e. The lowest BCUT2D eigenvalue weighted by atomic mass is 9.80. The largest absolute Gasteiger partial charge is 0.414 e. The second kappa shape index (κ2) is 10.1. The number of carbonyl (C=O) groups excluding carboxylic acids is 2. The van der Waals surface area contributed by atoms with Crippen molar-refractivity contribution in [2.24, 2.45) is 5.73 Å². The van der Waals surface area contributed by atoms with Gasteiger partial charge >= 0.3 is 6.09 Å². The van der Waals surface area contributed by atoms with Crippen molar-refractivity contribution in [3.8, 4) is 5.06 Å². The number of hydrogen-bond donors (Lipinski definition) is 3. The summed E-state index contributed by atoms with van der Waals surface area (Å²) in [5.74, 6) is -0.183. The number of nitrogens with one attached hydrogen (secondary N) is 2. The van der Waals surface area contributed by atoms with Gasteiger partial charge in [0.1, 0.15) is 5.54 Å². The van der Waals surface area contributed by atoms with Crippen LogP contribution in [0, 0.1) is 0 Å². The van der Waals surface area contributed by atoms with Crippen LogP contribution < -0.4 is 21.1 Å². The van der Waals surface area contributed by atoms with Gasteiger partial charge in [0.25, 0.3) is 0 Å². The van der Waals surface area contributed by atoms with Crippen molar-refractivity contribution in [2.75, 3.05) is 6.54 Å². The minimum atomic E-state index is -0.976. The number of amides is 2. The summed E-state index contributed by atoms with van der Waals surface area (Å²) in [7, 11) is 0. The Bertz CT molecular complexity index is 1030. The zero-order chi connectivity index (χ0) is 22.4. The first-order valence-electron chi connectivity index (χ1n) is 11.1. The second-order valence-electron chi connectivity index (χ2n) is 8.36. The molecule has 1 aliphatic carbocycles. The van der Waals surface area contributed by atoms with Gasteiger partial charge in [-0.2, -0.15) is 0 Å². The lowest BCUT2D eigenvalue weighted by Gasteiger charge is -2.37. The lowest BCUT2D eigenvalue weighted by molar-refractivity contribution is -0.129. The number of carbonyl (C=O) groups is 2. The number of thiophene rings is 1. The van der Waals surface area contributed by atoms with Crippen LogP contribution in [0.4, 0.5) is 4.79 Å². The van der Waals surface area contributed by atoms with E-state index in [1.165, 1.54) is 11.3 Å². The summed E-state index contributed by atoms with van der Waals surface area (Å²) in [6.07, 6.45) is 4.02. The highest BCUT2D eigenvalue weighted by molar-refractivity contribution is 7.20. The number of hydrogen-bond acceptors (Lipinski definition) is 5. The molecule has 1 fully saturated rings. The maximum Gasteiger partial charge on any atom is 0.414 e. The summed E-state index contributed by atoms with van der Waals surface area (Å²) in [4.78, 5) is 26.2. The van der Waals surface area contributed by atoms with Crippen molar-refractivity contribution < 1.29 is 14.3 Å². The highest BCUT2D eigenvalue weighted by atomic mass is 32.1. The third-order valence-corrected chi connectivity index (χ3v) is 7.02. The highest BCUT2D eigenvalue weighted by Crippen LogP contribution is 2.32. The molecule has 1 saturated carbocycles. The molecule has 1 aromatic heterocycles. The number of fused-ring (bicyclic) bond motifs is 1. The molecule has 3 aromatic rings. The molecule has 2 amide bonds. The Labute approximate surface area is 192 Å². The summed E-state index contributed by atoms with van der Waals surface area (Å²) in [6.45, 7) is 0.322. The standard InChI is InChI=1S/C25H29N3O3S/c26-17-20(15-18-9-3-1-4-10-18)27-23(29)25(13-7-2-8-14-25)28-24(30)31-22-16-19-11-5-6-12-21(19)32-22/h1,3-6,9-12,16,20H,2,7-8,13-15,17,26H2,(H,27,29)(H,28,30). The number of ether oxygens (including phenoxy) is 1. The Hall–Kier alpha value is -2.90. The smallest absolute Gasteiger partial charge is 0.399 e. The number of nitrogens with two attached hydrogens (primary N) is 1. The van der Waals surface area contributed by atoms with E-state index < -0.39 is 11.6 Å². The van der Waals surface area contributed by atoms with Crippen LogP contribution in [-0.2, 0) is 11.2 Å². The molecule has 1 aliphatic rings. The van der Waals surface area contributed by atoms with Crippen molar-refractivity contribution >= 4 is 33.4 Å². The van der Waals surface area contributed by atoms with E-state index in [1.54, 1.807) is 0 Å². The van der Waals surface area contributed by atoms with Gasteiger partial charge in [0.2, 0.25) is 5.91 Å². The normalized spacial score (nSPS) is 16.3. The molecule has 6 nitrogen and oxygen atoms in total. The van der Waals surface area contributed by atoms with Crippen molar-refractivity contribution in [3.63, 3.8) is 0 Å². The van der Waals surface area contributed by atoms with Gasteiger partial charge in [0.15, 0.2) is 5.06 Å². The third-order valence-electron chi connectivity index (χ3n) is 6.02. The topological polar surface area (TPSA) is 93.5 Å². The van der Waals surface area contributed by atoms with Crippen LogP contribution in [0.25, 0.3) is 10.1 Å². The number of benzene rings is 2. The van der Waals surface area contributed by atoms with E-state index in [9.17, 15) is 9.59 Å². The monoisotopic (exact) mass is 451 g/mol. The lowest BCUT2D eigenvalue weighted by Crippen LogP contribution is -2.62. The van der Waals surface area contributed by atoms with E-state index in [0.29, 0.717) is 30.9 Å². The fourth-order valence-corrected chi connectivity index (χ4v) is 5.21. The van der Waals surface area contributed by atoms with E-state index >= 15 is 0 Å². The van der Waals surface area contributed by atoms with Gasteiger partial charge in [-0.3, -0.25) is 4.79 Å². The molecule has 0 saturated heterocycles. The van der Waals surface area contributed by atoms with E-state index in [0.717, 1.165) is 34.9 Å². The molecule has 0 bridgehead atoms. The first-order chi connectivity index (χ1) is 15.6. The summed E-state index contributed by atoms with van der Waals surface area (Å²) in [5, 5.41) is 7.53. The molecule has 0 radical (unpaired) electrons. The molecule has 0 spiro atoms. The quantitative estimate of drug-likeness (QED) is 0.497. The van der Waals surface area contributed by atoms with Crippen molar-refractivity contribution in [2.45, 2.75) is 50.1 Å². The molecule has 1 unspecified atom stereocenters. The molecule has 4 N–H and O–H groups in total. The van der Waals surface area contributed by atoms with Gasteiger partial charge in [0.05, 0.1) is 0 Å². The molecular weight excluding hydrogens is 422 g/mol. The zero-order valence-electron chi connectivity index (χ0n) is 18.0. The molecule has 4 rings (SSSR count). The van der Waals surface area contributed by atoms with E-state index in [-0.39, 0.29) is 11.9 Å². The molecule has 1 atom stereocenters. The Morgan fingerprint density at radius 1 is 1.03 bits per heavy atom. The zero-order valence-corrected chi connectivity index (χ0v) is 18.8. The minimum absolute atomic E-state index is 0.183. The Morgan fingerprint density at radius 3 is 2.47 bits per heavy atom. The van der Waals surface area contributed by atoms with Crippen LogP contribution in [0.3, 0.4) is 0 Å². The van der Waals surface area contributed by atoms with Crippen LogP contribution >= 0.6 is 11.3 Å². The van der Waals surface area contributed by atoms with Crippen LogP contribution in [0.5, 0.6) is 5.06 Å². The first kappa shape index (κ1) is 22.3. The summed E-state index contributed by atoms with van der Waals surface area (Å²) in [6, 6.07) is 19.4. The van der Waals surface area contributed by atoms with Crippen molar-refractivity contribution in [1.82, 2.24) is 10.6 Å². The Kier molecular flexibility index (Phi) is 7.07. The number of rotatable bonds is 7. The maximum atomic E-state index is 13.4. The molecule has 2 aromatic carbocycles. The van der Waals surface area contributed by atoms with Gasteiger partial charge in [-0.05, 0) is 36.3 Å².